The third-order valence-corrected chi connectivity index (χ3v) is 6.27. The summed E-state index contributed by atoms with van der Waals surface area (Å²) in [5, 5.41) is 22.3. The van der Waals surface area contributed by atoms with E-state index in [0.29, 0.717) is 41.2 Å². The summed E-state index contributed by atoms with van der Waals surface area (Å²) >= 11 is 0. The zero-order valence-corrected chi connectivity index (χ0v) is 20.3. The Balaban J connectivity index is 1.47. The minimum Gasteiger partial charge on any atom is -0.481 e. The lowest BCUT2D eigenvalue weighted by Crippen LogP contribution is -2.27. The van der Waals surface area contributed by atoms with E-state index in [1.54, 1.807) is 24.3 Å². The number of pyridine rings is 1. The zero-order chi connectivity index (χ0) is 26.4. The maximum absolute atomic E-state index is 11.3. The smallest absolute Gasteiger partial charge is 0.307 e. The number of nitrogens with zero attached hydrogens (tertiary/aromatic N) is 7. The number of nitrogens with two attached hydrogens (primary N) is 2. The molecule has 1 fully saturated rings. The summed E-state index contributed by atoms with van der Waals surface area (Å²) < 4.78 is 0. The van der Waals surface area contributed by atoms with E-state index >= 15 is 0 Å². The average Bonchev–Trinajstić information content (AvgIpc) is 3.41. The largest absolute Gasteiger partial charge is 0.481 e. The number of nitrogen functional groups attached to an aromatic ring is 1. The van der Waals surface area contributed by atoms with Gasteiger partial charge in [-0.05, 0) is 50.2 Å². The highest BCUT2D eigenvalue weighted by molar-refractivity contribution is 6.37. The molecule has 2 aromatic heterocycles. The van der Waals surface area contributed by atoms with Crippen molar-refractivity contribution in [2.24, 2.45) is 21.9 Å². The van der Waals surface area contributed by atoms with E-state index in [0.717, 1.165) is 17.9 Å². The van der Waals surface area contributed by atoms with Crippen LogP contribution in [0.2, 0.25) is 0 Å². The quantitative estimate of drug-likeness (QED) is 0.239. The molecule has 0 bridgehead atoms. The van der Waals surface area contributed by atoms with E-state index in [1.165, 1.54) is 6.21 Å². The Morgan fingerprint density at radius 3 is 2.81 bits per heavy atom. The van der Waals surface area contributed by atoms with Crippen molar-refractivity contribution in [1.82, 2.24) is 19.9 Å². The second-order valence-corrected chi connectivity index (χ2v) is 8.72. The van der Waals surface area contributed by atoms with Gasteiger partial charge in [0.2, 0.25) is 5.95 Å². The topological polar surface area (TPSA) is 180 Å². The van der Waals surface area contributed by atoms with Crippen molar-refractivity contribution in [2.45, 2.75) is 25.9 Å². The fourth-order valence-electron chi connectivity index (χ4n) is 4.23. The van der Waals surface area contributed by atoms with Crippen LogP contribution in [-0.2, 0) is 11.3 Å². The number of benzene rings is 1. The maximum atomic E-state index is 11.3. The van der Waals surface area contributed by atoms with Gasteiger partial charge in [0.1, 0.15) is 5.71 Å². The second kappa shape index (κ2) is 11.4. The van der Waals surface area contributed by atoms with Crippen LogP contribution in [0.15, 0.2) is 58.6 Å². The predicted molar refractivity (Wildman–Crippen MR) is 139 cm³/mol. The molecule has 0 radical (unpaired) electrons. The number of aromatic nitrogens is 3. The van der Waals surface area contributed by atoms with Gasteiger partial charge in [-0.15, -0.1) is 0 Å². The number of likely N-dealkylation sites (tertiary alicyclic amines) is 1. The molecule has 3 aromatic rings. The van der Waals surface area contributed by atoms with E-state index in [4.69, 9.17) is 16.6 Å². The maximum Gasteiger partial charge on any atom is 0.307 e. The van der Waals surface area contributed by atoms with Gasteiger partial charge < -0.3 is 16.7 Å². The van der Waals surface area contributed by atoms with Crippen LogP contribution >= 0.6 is 0 Å². The Hall–Kier alpha value is -4.69. The summed E-state index contributed by atoms with van der Waals surface area (Å²) in [5.74, 6) is 4.58. The minimum absolute atomic E-state index is 0.00334. The summed E-state index contributed by atoms with van der Waals surface area (Å²) in [7, 11) is 0. The molecule has 37 heavy (non-hydrogen) atoms. The van der Waals surface area contributed by atoms with Crippen LogP contribution in [0.3, 0.4) is 0 Å². The van der Waals surface area contributed by atoms with Crippen molar-refractivity contribution in [2.75, 3.05) is 18.8 Å². The molecule has 0 saturated carbocycles. The van der Waals surface area contributed by atoms with Crippen LogP contribution in [0.5, 0.6) is 0 Å². The lowest BCUT2D eigenvalue weighted by atomic mass is 10.1. The Morgan fingerprint density at radius 2 is 2.08 bits per heavy atom. The Labute approximate surface area is 214 Å². The number of hydrazone groups is 1. The Morgan fingerprint density at radius 1 is 1.27 bits per heavy atom. The number of nitriles is 1. The standard InChI is InChI=1S/C26H27N9O2/c1-16(35-9-8-19(15-35)25(36)37)21-7-3-6-20(31-21)13-30-14-24(34-29)23-11-22(32-26(28)33-23)18-5-2-4-17(10-18)12-27/h2-7,10-11,14,16,19H,8-9,13,15,29H2,1H3,(H,36,37)(H2,28,32,33)/b30-14?,34-24+. The van der Waals surface area contributed by atoms with Crippen molar-refractivity contribution >= 4 is 23.8 Å². The van der Waals surface area contributed by atoms with Crippen LogP contribution in [0.4, 0.5) is 5.95 Å². The van der Waals surface area contributed by atoms with Gasteiger partial charge in [0.05, 0.1) is 53.1 Å². The van der Waals surface area contributed by atoms with Gasteiger partial charge >= 0.3 is 5.97 Å². The van der Waals surface area contributed by atoms with E-state index in [2.05, 4.69) is 31.0 Å². The third-order valence-electron chi connectivity index (χ3n) is 6.27. The molecule has 188 valence electrons. The van der Waals surface area contributed by atoms with Gasteiger partial charge in [-0.25, -0.2) is 9.97 Å². The highest BCUT2D eigenvalue weighted by atomic mass is 16.4. The van der Waals surface area contributed by atoms with Crippen molar-refractivity contribution in [3.05, 3.63) is 71.2 Å². The first-order chi connectivity index (χ1) is 17.9. The van der Waals surface area contributed by atoms with Crippen LogP contribution in [0, 0.1) is 17.2 Å². The number of carboxylic acid groups (broad SMARTS) is 1. The lowest BCUT2D eigenvalue weighted by molar-refractivity contribution is -0.141. The van der Waals surface area contributed by atoms with E-state index in [9.17, 15) is 15.2 Å². The molecule has 2 atom stereocenters. The van der Waals surface area contributed by atoms with Crippen molar-refractivity contribution in [3.8, 4) is 17.3 Å². The summed E-state index contributed by atoms with van der Waals surface area (Å²) in [5.41, 5.74) is 10.00. The number of anilines is 1. The number of hydrogen-bond donors (Lipinski definition) is 3. The summed E-state index contributed by atoms with van der Waals surface area (Å²) in [6, 6.07) is 16.5. The Kier molecular flexibility index (Phi) is 7.80. The monoisotopic (exact) mass is 497 g/mol. The van der Waals surface area contributed by atoms with Crippen LogP contribution in [0.1, 0.15) is 42.0 Å². The fraction of sp³-hybridized carbons (Fsp3) is 0.269. The van der Waals surface area contributed by atoms with Crippen molar-refractivity contribution in [1.29, 1.82) is 5.26 Å². The zero-order valence-electron chi connectivity index (χ0n) is 20.3. The van der Waals surface area contributed by atoms with E-state index < -0.39 is 5.97 Å². The minimum atomic E-state index is -0.753. The molecule has 3 heterocycles. The van der Waals surface area contributed by atoms with Crippen LogP contribution < -0.4 is 11.6 Å². The summed E-state index contributed by atoms with van der Waals surface area (Å²) in [6.07, 6.45) is 2.15. The molecule has 0 aliphatic carbocycles. The van der Waals surface area contributed by atoms with Gasteiger partial charge in [-0.3, -0.25) is 19.7 Å². The third kappa shape index (κ3) is 6.12. The normalized spacial score (nSPS) is 17.1. The van der Waals surface area contributed by atoms with Crippen LogP contribution in [0.25, 0.3) is 11.3 Å². The predicted octanol–water partition coefficient (Wildman–Crippen LogP) is 2.39. The fourth-order valence-corrected chi connectivity index (χ4v) is 4.23. The lowest BCUT2D eigenvalue weighted by Gasteiger charge is -2.23. The average molecular weight is 498 g/mol. The molecule has 1 aromatic carbocycles. The van der Waals surface area contributed by atoms with Crippen molar-refractivity contribution in [3.63, 3.8) is 0 Å². The molecule has 4 rings (SSSR count). The van der Waals surface area contributed by atoms with Gasteiger partial charge in [-0.1, -0.05) is 18.2 Å². The molecule has 11 nitrogen and oxygen atoms in total. The molecular formula is C26H27N9O2. The first kappa shape index (κ1) is 25.4. The Bertz CT molecular complexity index is 1400. The van der Waals surface area contributed by atoms with Gasteiger partial charge in [0.25, 0.3) is 0 Å². The second-order valence-electron chi connectivity index (χ2n) is 8.72. The molecule has 0 spiro atoms. The first-order valence-electron chi connectivity index (χ1n) is 11.7. The molecule has 0 amide bonds. The molecule has 1 aliphatic rings. The number of rotatable bonds is 8. The molecule has 5 N–H and O–H groups in total. The SMILES string of the molecule is CC(c1cccc(CN=C/C(=N\N)c2cc(-c3cccc(C#N)c3)nc(N)n2)n1)N1CCC(C(=O)O)C1. The number of aliphatic imine (C=N–C) groups is 1. The summed E-state index contributed by atoms with van der Waals surface area (Å²) in [4.78, 5) is 31.1. The van der Waals surface area contributed by atoms with Gasteiger partial charge in [0.15, 0.2) is 0 Å². The number of carbonyl (C=O) groups is 1. The number of carboxylic acids is 1. The molecule has 2 unspecified atom stereocenters. The first-order valence-corrected chi connectivity index (χ1v) is 11.7. The number of hydrogen-bond acceptors (Lipinski definition) is 10. The molecule has 1 saturated heterocycles. The highest BCUT2D eigenvalue weighted by Gasteiger charge is 2.31. The summed E-state index contributed by atoms with van der Waals surface area (Å²) in [6.45, 7) is 3.56. The number of aliphatic carboxylic acids is 1. The van der Waals surface area contributed by atoms with Crippen molar-refractivity contribution < 1.29 is 9.90 Å². The molecule has 11 heteroatoms. The van der Waals surface area contributed by atoms with E-state index in [1.807, 2.05) is 31.2 Å². The van der Waals surface area contributed by atoms with Crippen LogP contribution in [-0.4, -0.2) is 55.9 Å². The highest BCUT2D eigenvalue weighted by Crippen LogP contribution is 2.27. The molecule has 1 aliphatic heterocycles. The van der Waals surface area contributed by atoms with Gasteiger partial charge in [0, 0.05) is 18.2 Å². The molecular weight excluding hydrogens is 470 g/mol. The van der Waals surface area contributed by atoms with E-state index in [-0.39, 0.29) is 24.5 Å². The van der Waals surface area contributed by atoms with Gasteiger partial charge in [-0.2, -0.15) is 10.4 Å².